The minimum atomic E-state index is -0.384. The van der Waals surface area contributed by atoms with Gasteiger partial charge in [0.25, 0.3) is 0 Å². The van der Waals surface area contributed by atoms with Gasteiger partial charge >= 0.3 is 5.69 Å². The Kier molecular flexibility index (Phi) is 5.51. The number of rotatable bonds is 4. The number of piperazine rings is 1. The Hall–Kier alpha value is -4.47. The van der Waals surface area contributed by atoms with Crippen LogP contribution in [0, 0.1) is 19.7 Å². The molecule has 3 aromatic heterocycles. The number of aryl methyl sites for hydroxylation is 2. The molecule has 6 rings (SSSR count). The molecule has 1 aliphatic heterocycles. The molecule has 0 spiro atoms. The second-order valence-electron chi connectivity index (χ2n) is 9.41. The first kappa shape index (κ1) is 23.0. The van der Waals surface area contributed by atoms with Crippen LogP contribution in [-0.2, 0) is 11.3 Å². The highest BCUT2D eigenvalue weighted by molar-refractivity contribution is 5.78. The summed E-state index contributed by atoms with van der Waals surface area (Å²) in [5.74, 6) is -0.468. The van der Waals surface area contributed by atoms with Gasteiger partial charge in [-0.25, -0.2) is 22.8 Å². The van der Waals surface area contributed by atoms with Crippen LogP contribution in [0.1, 0.15) is 11.1 Å². The fourth-order valence-electron chi connectivity index (χ4n) is 4.81. The molecule has 9 nitrogen and oxygen atoms in total. The molecular weight excluding hydrogens is 473 g/mol. The number of halogens is 1. The molecule has 0 unspecified atom stereocenters. The zero-order valence-electron chi connectivity index (χ0n) is 20.6. The second-order valence-corrected chi connectivity index (χ2v) is 9.41. The van der Waals surface area contributed by atoms with Gasteiger partial charge in [-0.05, 0) is 49.2 Å². The van der Waals surface area contributed by atoms with Crippen molar-refractivity contribution in [3.05, 3.63) is 88.4 Å². The van der Waals surface area contributed by atoms with E-state index in [0.29, 0.717) is 43.0 Å². The summed E-state index contributed by atoms with van der Waals surface area (Å²) >= 11 is 0. The number of aromatic nitrogens is 5. The maximum atomic E-state index is 14.1. The summed E-state index contributed by atoms with van der Waals surface area (Å²) in [5, 5.41) is 9.15. The summed E-state index contributed by atoms with van der Waals surface area (Å²) in [6.07, 6.45) is 3.33. The van der Waals surface area contributed by atoms with Crippen LogP contribution < -0.4 is 10.6 Å². The third kappa shape index (κ3) is 4.04. The van der Waals surface area contributed by atoms with Crippen LogP contribution in [0.4, 0.5) is 10.1 Å². The first-order valence-electron chi connectivity index (χ1n) is 12.2. The molecule has 2 aromatic carbocycles. The number of para-hydroxylation sites is 1. The summed E-state index contributed by atoms with van der Waals surface area (Å²) in [4.78, 5) is 29.7. The molecule has 0 atom stereocenters. The molecule has 5 aromatic rings. The van der Waals surface area contributed by atoms with E-state index in [4.69, 9.17) is 0 Å². The van der Waals surface area contributed by atoms with Crippen molar-refractivity contribution >= 4 is 22.8 Å². The Labute approximate surface area is 212 Å². The molecule has 0 radical (unpaired) electrons. The third-order valence-electron chi connectivity index (χ3n) is 7.11. The van der Waals surface area contributed by atoms with Crippen molar-refractivity contribution in [1.29, 1.82) is 0 Å². The quantitative estimate of drug-likeness (QED) is 0.380. The van der Waals surface area contributed by atoms with Crippen LogP contribution in [-0.4, -0.2) is 60.8 Å². The van der Waals surface area contributed by atoms with Gasteiger partial charge in [0.15, 0.2) is 5.65 Å². The molecule has 1 saturated heterocycles. The monoisotopic (exact) mass is 499 g/mol. The van der Waals surface area contributed by atoms with Gasteiger partial charge < -0.3 is 9.80 Å². The number of benzene rings is 2. The predicted molar refractivity (Wildman–Crippen MR) is 138 cm³/mol. The number of hydrogen-bond acceptors (Lipinski definition) is 5. The van der Waals surface area contributed by atoms with Crippen LogP contribution in [0.5, 0.6) is 0 Å². The summed E-state index contributed by atoms with van der Waals surface area (Å²) in [5.41, 5.74) is 5.41. The fourth-order valence-corrected chi connectivity index (χ4v) is 4.81. The van der Waals surface area contributed by atoms with E-state index in [1.807, 2.05) is 17.0 Å². The van der Waals surface area contributed by atoms with E-state index in [0.717, 1.165) is 11.3 Å². The van der Waals surface area contributed by atoms with E-state index in [9.17, 15) is 14.0 Å². The van der Waals surface area contributed by atoms with Crippen molar-refractivity contribution in [3.63, 3.8) is 0 Å². The largest absolute Gasteiger partial charge is 0.366 e. The van der Waals surface area contributed by atoms with Crippen molar-refractivity contribution < 1.29 is 9.18 Å². The van der Waals surface area contributed by atoms with Gasteiger partial charge in [-0.1, -0.05) is 24.3 Å². The maximum Gasteiger partial charge on any atom is 0.350 e. The van der Waals surface area contributed by atoms with Crippen molar-refractivity contribution in [2.24, 2.45) is 0 Å². The number of carbonyl (C=O) groups excluding carboxylic acids is 1. The number of nitrogens with zero attached hydrogens (tertiary/aromatic N) is 7. The SMILES string of the molecule is Cc1ccc(-c2cc3c4nn(CC(=O)N5CCN(c6ccccc6F)CC5)c(=O)n4ccn3n2)cc1C. The maximum absolute atomic E-state index is 14.1. The number of carbonyl (C=O) groups is 1. The van der Waals surface area contributed by atoms with E-state index in [1.54, 1.807) is 40.0 Å². The smallest absolute Gasteiger partial charge is 0.350 e. The molecule has 4 heterocycles. The zero-order chi connectivity index (χ0) is 25.7. The minimum Gasteiger partial charge on any atom is -0.366 e. The standard InChI is InChI=1S/C27H26FN7O2/c1-18-7-8-20(15-19(18)2)22-16-24-26-30-35(27(37)33(26)13-14-34(24)29-22)17-25(36)32-11-9-31(10-12-32)23-6-4-3-5-21(23)28/h3-8,13-16H,9-12,17H2,1-2H3. The van der Waals surface area contributed by atoms with Crippen LogP contribution in [0.3, 0.4) is 0 Å². The molecule has 0 N–H and O–H groups in total. The number of fused-ring (bicyclic) bond motifs is 3. The molecule has 0 aliphatic carbocycles. The lowest BCUT2D eigenvalue weighted by Gasteiger charge is -2.36. The van der Waals surface area contributed by atoms with Gasteiger partial charge in [0.05, 0.1) is 11.4 Å². The first-order chi connectivity index (χ1) is 17.9. The van der Waals surface area contributed by atoms with E-state index < -0.39 is 0 Å². The highest BCUT2D eigenvalue weighted by atomic mass is 19.1. The first-order valence-corrected chi connectivity index (χ1v) is 12.2. The van der Waals surface area contributed by atoms with Gasteiger partial charge in [0.1, 0.15) is 17.9 Å². The lowest BCUT2D eigenvalue weighted by Crippen LogP contribution is -2.50. The lowest BCUT2D eigenvalue weighted by atomic mass is 10.0. The second kappa shape index (κ2) is 8.88. The minimum absolute atomic E-state index is 0.162. The molecule has 1 fully saturated rings. The van der Waals surface area contributed by atoms with Crippen molar-refractivity contribution in [2.75, 3.05) is 31.1 Å². The normalized spacial score (nSPS) is 14.1. The third-order valence-corrected chi connectivity index (χ3v) is 7.11. The molecular formula is C27H26FN7O2. The molecule has 1 amide bonds. The van der Waals surface area contributed by atoms with Gasteiger partial charge in [0, 0.05) is 44.1 Å². The van der Waals surface area contributed by atoms with Crippen LogP contribution in [0.2, 0.25) is 0 Å². The molecule has 10 heteroatoms. The van der Waals surface area contributed by atoms with Gasteiger partial charge in [-0.2, -0.15) is 5.10 Å². The molecule has 188 valence electrons. The van der Waals surface area contributed by atoms with Crippen molar-refractivity contribution in [3.8, 4) is 11.3 Å². The summed E-state index contributed by atoms with van der Waals surface area (Å²) in [6.45, 7) is 5.89. The van der Waals surface area contributed by atoms with Gasteiger partial charge in [-0.3, -0.25) is 4.79 Å². The molecule has 1 aliphatic rings. The van der Waals surface area contributed by atoms with Crippen LogP contribution >= 0.6 is 0 Å². The number of hydrogen-bond donors (Lipinski definition) is 0. The average Bonchev–Trinajstić information content (AvgIpc) is 3.47. The summed E-state index contributed by atoms with van der Waals surface area (Å²) < 4.78 is 18.5. The Morgan fingerprint density at radius 1 is 0.946 bits per heavy atom. The van der Waals surface area contributed by atoms with Crippen molar-refractivity contribution in [2.45, 2.75) is 20.4 Å². The van der Waals surface area contributed by atoms with E-state index >= 15 is 0 Å². The Morgan fingerprint density at radius 2 is 1.73 bits per heavy atom. The average molecular weight is 500 g/mol. The predicted octanol–water partition coefficient (Wildman–Crippen LogP) is 2.92. The number of anilines is 1. The topological polar surface area (TPSA) is 80.2 Å². The number of amides is 1. The van der Waals surface area contributed by atoms with Crippen LogP contribution in [0.15, 0.2) is 65.7 Å². The highest BCUT2D eigenvalue weighted by Crippen LogP contribution is 2.24. The van der Waals surface area contributed by atoms with E-state index in [2.05, 4.69) is 36.2 Å². The summed E-state index contributed by atoms with van der Waals surface area (Å²) in [7, 11) is 0. The highest BCUT2D eigenvalue weighted by Gasteiger charge is 2.24. The summed E-state index contributed by atoms with van der Waals surface area (Å²) in [6, 6.07) is 14.7. The zero-order valence-corrected chi connectivity index (χ0v) is 20.6. The Bertz CT molecular complexity index is 1710. The lowest BCUT2D eigenvalue weighted by molar-refractivity contribution is -0.132. The van der Waals surface area contributed by atoms with Crippen LogP contribution in [0.25, 0.3) is 22.4 Å². The molecule has 0 bridgehead atoms. The Morgan fingerprint density at radius 3 is 2.49 bits per heavy atom. The van der Waals surface area contributed by atoms with E-state index in [1.165, 1.54) is 26.3 Å². The van der Waals surface area contributed by atoms with Gasteiger partial charge in [0.2, 0.25) is 5.91 Å². The van der Waals surface area contributed by atoms with Gasteiger partial charge in [-0.15, -0.1) is 5.10 Å². The fraction of sp³-hybridized carbons (Fsp3) is 0.259. The van der Waals surface area contributed by atoms with Crippen molar-refractivity contribution in [1.82, 2.24) is 28.7 Å². The Balaban J connectivity index is 1.23. The molecule has 37 heavy (non-hydrogen) atoms. The van der Waals surface area contributed by atoms with E-state index in [-0.39, 0.29) is 24.0 Å². The molecule has 0 saturated carbocycles.